The minimum absolute atomic E-state index is 0.00449. The summed E-state index contributed by atoms with van der Waals surface area (Å²) >= 11 is 1.46. The van der Waals surface area contributed by atoms with Crippen molar-refractivity contribution in [3.8, 4) is 22.3 Å². The highest BCUT2D eigenvalue weighted by Crippen LogP contribution is 2.29. The molecule has 1 saturated heterocycles. The van der Waals surface area contributed by atoms with E-state index in [4.69, 9.17) is 0 Å². The smallest absolute Gasteiger partial charge is 0.261 e. The molecule has 9 heteroatoms. The van der Waals surface area contributed by atoms with Gasteiger partial charge in [0.05, 0.1) is 17.3 Å². The van der Waals surface area contributed by atoms with Gasteiger partial charge < -0.3 is 5.32 Å². The Balaban J connectivity index is 1.34. The van der Waals surface area contributed by atoms with Gasteiger partial charge in [-0.3, -0.25) is 14.4 Å². The highest BCUT2D eigenvalue weighted by atomic mass is 32.1. The summed E-state index contributed by atoms with van der Waals surface area (Å²) in [5, 5.41) is 13.9. The zero-order valence-corrected chi connectivity index (χ0v) is 18.6. The van der Waals surface area contributed by atoms with Gasteiger partial charge >= 0.3 is 0 Å². The molecule has 0 radical (unpaired) electrons. The molecular formula is C22H25N7OS. The molecule has 1 N–H and O–H groups in total. The van der Waals surface area contributed by atoms with Gasteiger partial charge in [-0.05, 0) is 37.3 Å². The van der Waals surface area contributed by atoms with Crippen molar-refractivity contribution in [2.45, 2.75) is 32.4 Å². The zero-order chi connectivity index (χ0) is 21.5. The number of hydrogen-bond donors (Lipinski definition) is 1. The van der Waals surface area contributed by atoms with Crippen LogP contribution in [0, 0.1) is 0 Å². The van der Waals surface area contributed by atoms with Crippen molar-refractivity contribution in [2.75, 3.05) is 13.1 Å². The molecule has 1 atom stereocenters. The molecule has 4 aromatic rings. The molecule has 0 unspecified atom stereocenters. The fraction of sp³-hybridized carbons (Fsp3) is 0.364. The number of aryl methyl sites for hydroxylation is 1. The van der Waals surface area contributed by atoms with Crippen molar-refractivity contribution >= 4 is 22.9 Å². The number of carbonyl (C=O) groups is 1. The molecule has 0 spiro atoms. The first-order valence-corrected chi connectivity index (χ1v) is 11.3. The fourth-order valence-electron chi connectivity index (χ4n) is 4.02. The zero-order valence-electron chi connectivity index (χ0n) is 17.8. The van der Waals surface area contributed by atoms with E-state index in [1.807, 2.05) is 43.3 Å². The molecule has 160 valence electrons. The number of nitrogens with one attached hydrogen (secondary N) is 1. The summed E-state index contributed by atoms with van der Waals surface area (Å²) in [6.07, 6.45) is 10.3. The van der Waals surface area contributed by atoms with E-state index in [9.17, 15) is 4.79 Å². The third-order valence-electron chi connectivity index (χ3n) is 5.81. The summed E-state index contributed by atoms with van der Waals surface area (Å²) in [5.41, 5.74) is 4.58. The van der Waals surface area contributed by atoms with Crippen LogP contribution in [0.3, 0.4) is 0 Å². The van der Waals surface area contributed by atoms with E-state index in [2.05, 4.69) is 39.2 Å². The number of thiophene rings is 1. The first-order valence-electron chi connectivity index (χ1n) is 10.4. The van der Waals surface area contributed by atoms with E-state index in [-0.39, 0.29) is 11.9 Å². The predicted octanol–water partition coefficient (Wildman–Crippen LogP) is 3.07. The molecule has 1 aliphatic heterocycles. The monoisotopic (exact) mass is 435 g/mol. The minimum Gasteiger partial charge on any atom is -0.347 e. The number of fused-ring (bicyclic) bond motifs is 1. The SMILES string of the molecule is CC(C)N1CC[C@@H](NC(=O)c2cc(-c3cnn4cc(-c5cnn(C)c5)cnc34)cs2)C1. The van der Waals surface area contributed by atoms with Crippen LogP contribution in [-0.2, 0) is 7.05 Å². The summed E-state index contributed by atoms with van der Waals surface area (Å²) in [5.74, 6) is -0.00449. The molecule has 1 amide bonds. The molecule has 5 rings (SSSR count). The topological polar surface area (TPSA) is 80.4 Å². The molecule has 5 heterocycles. The normalized spacial score (nSPS) is 17.1. The Kier molecular flexibility index (Phi) is 5.07. The van der Waals surface area contributed by atoms with E-state index in [1.54, 1.807) is 15.4 Å². The summed E-state index contributed by atoms with van der Waals surface area (Å²) in [7, 11) is 1.89. The molecular weight excluding hydrogens is 410 g/mol. The van der Waals surface area contributed by atoms with Crippen LogP contribution in [0.5, 0.6) is 0 Å². The van der Waals surface area contributed by atoms with Crippen LogP contribution >= 0.6 is 11.3 Å². The van der Waals surface area contributed by atoms with Gasteiger partial charge in [-0.1, -0.05) is 0 Å². The Morgan fingerprint density at radius 2 is 2.00 bits per heavy atom. The van der Waals surface area contributed by atoms with Crippen LogP contribution in [0.1, 0.15) is 29.9 Å². The molecule has 8 nitrogen and oxygen atoms in total. The van der Waals surface area contributed by atoms with Gasteiger partial charge in [0.25, 0.3) is 5.91 Å². The second-order valence-electron chi connectivity index (χ2n) is 8.32. The number of rotatable bonds is 5. The predicted molar refractivity (Wildman–Crippen MR) is 121 cm³/mol. The Morgan fingerprint density at radius 3 is 2.74 bits per heavy atom. The molecule has 0 aliphatic carbocycles. The van der Waals surface area contributed by atoms with Crippen LogP contribution in [0.4, 0.5) is 0 Å². The largest absolute Gasteiger partial charge is 0.347 e. The van der Waals surface area contributed by atoms with Crippen LogP contribution in [0.2, 0.25) is 0 Å². The van der Waals surface area contributed by atoms with Gasteiger partial charge in [0.1, 0.15) is 0 Å². The molecule has 0 bridgehead atoms. The second kappa shape index (κ2) is 7.90. The fourth-order valence-corrected chi connectivity index (χ4v) is 4.83. The number of hydrogen-bond acceptors (Lipinski definition) is 6. The first kappa shape index (κ1) is 19.9. The van der Waals surface area contributed by atoms with E-state index in [1.165, 1.54) is 11.3 Å². The number of likely N-dealkylation sites (tertiary alicyclic amines) is 1. The van der Waals surface area contributed by atoms with Crippen molar-refractivity contribution in [2.24, 2.45) is 7.05 Å². The highest BCUT2D eigenvalue weighted by Gasteiger charge is 2.26. The number of carbonyl (C=O) groups excluding carboxylic acids is 1. The Morgan fingerprint density at radius 1 is 1.16 bits per heavy atom. The Labute approximate surface area is 184 Å². The summed E-state index contributed by atoms with van der Waals surface area (Å²) in [6.45, 7) is 6.34. The van der Waals surface area contributed by atoms with Gasteiger partial charge in [-0.25, -0.2) is 9.50 Å². The maximum atomic E-state index is 12.8. The van der Waals surface area contributed by atoms with E-state index >= 15 is 0 Å². The lowest BCUT2D eigenvalue weighted by molar-refractivity contribution is 0.0941. The van der Waals surface area contributed by atoms with E-state index in [0.29, 0.717) is 10.9 Å². The van der Waals surface area contributed by atoms with Crippen molar-refractivity contribution < 1.29 is 4.79 Å². The van der Waals surface area contributed by atoms with Crippen LogP contribution in [0.25, 0.3) is 27.9 Å². The first-order chi connectivity index (χ1) is 15.0. The quantitative estimate of drug-likeness (QED) is 0.521. The molecule has 1 aliphatic rings. The molecule has 0 saturated carbocycles. The third-order valence-corrected chi connectivity index (χ3v) is 6.74. The standard InChI is InChI=1S/C22H25N7OS/c1-14(2)28-5-4-18(12-28)26-22(30)20-6-15(13-31-20)19-9-25-29-11-16(7-23-21(19)29)17-8-24-27(3)10-17/h6-11,13-14,18H,4-5,12H2,1-3H3,(H,26,30)/t18-/m1/s1. The van der Waals surface area contributed by atoms with Gasteiger partial charge in [0.15, 0.2) is 5.65 Å². The van der Waals surface area contributed by atoms with Gasteiger partial charge in [0.2, 0.25) is 0 Å². The minimum atomic E-state index is -0.00449. The molecule has 31 heavy (non-hydrogen) atoms. The van der Waals surface area contributed by atoms with E-state index < -0.39 is 0 Å². The number of nitrogens with zero attached hydrogens (tertiary/aromatic N) is 6. The van der Waals surface area contributed by atoms with E-state index in [0.717, 1.165) is 47.4 Å². The van der Waals surface area contributed by atoms with Crippen molar-refractivity contribution in [3.63, 3.8) is 0 Å². The molecule has 0 aromatic carbocycles. The van der Waals surface area contributed by atoms with Gasteiger partial charge in [-0.2, -0.15) is 10.2 Å². The van der Waals surface area contributed by atoms with Crippen LogP contribution in [0.15, 0.2) is 42.4 Å². The Bertz CT molecular complexity index is 1240. The van der Waals surface area contributed by atoms with Gasteiger partial charge in [0, 0.05) is 67.5 Å². The summed E-state index contributed by atoms with van der Waals surface area (Å²) in [6, 6.07) is 2.66. The number of aromatic nitrogens is 5. The van der Waals surface area contributed by atoms with Crippen molar-refractivity contribution in [1.29, 1.82) is 0 Å². The lowest BCUT2D eigenvalue weighted by Crippen LogP contribution is -2.38. The van der Waals surface area contributed by atoms with Crippen LogP contribution in [-0.4, -0.2) is 60.4 Å². The summed E-state index contributed by atoms with van der Waals surface area (Å²) < 4.78 is 3.53. The van der Waals surface area contributed by atoms with Crippen LogP contribution < -0.4 is 5.32 Å². The average molecular weight is 436 g/mol. The Hall–Kier alpha value is -3.04. The molecule has 1 fully saturated rings. The van der Waals surface area contributed by atoms with Crippen molar-refractivity contribution in [3.05, 3.63) is 47.3 Å². The van der Waals surface area contributed by atoms with Gasteiger partial charge in [-0.15, -0.1) is 11.3 Å². The average Bonchev–Trinajstić information content (AvgIpc) is 3.53. The highest BCUT2D eigenvalue weighted by molar-refractivity contribution is 7.12. The maximum absolute atomic E-state index is 12.8. The third kappa shape index (κ3) is 3.86. The lowest BCUT2D eigenvalue weighted by atomic mass is 10.1. The van der Waals surface area contributed by atoms with Crippen molar-refractivity contribution in [1.82, 2.24) is 34.6 Å². The molecule has 4 aromatic heterocycles. The summed E-state index contributed by atoms with van der Waals surface area (Å²) in [4.78, 5) is 20.5. The maximum Gasteiger partial charge on any atom is 0.261 e. The second-order valence-corrected chi connectivity index (χ2v) is 9.23. The lowest BCUT2D eigenvalue weighted by Gasteiger charge is -2.20. The number of amides is 1.